The number of sulfonamides is 1. The van der Waals surface area contributed by atoms with Gasteiger partial charge in [-0.2, -0.15) is 0 Å². The second kappa shape index (κ2) is 6.71. The Bertz CT molecular complexity index is 613. The molecule has 1 aromatic heterocycles. The highest BCUT2D eigenvalue weighted by Gasteiger charge is 2.31. The zero-order valence-electron chi connectivity index (χ0n) is 12.0. The van der Waals surface area contributed by atoms with Crippen molar-refractivity contribution in [1.82, 2.24) is 4.72 Å². The van der Waals surface area contributed by atoms with Crippen molar-refractivity contribution in [2.24, 2.45) is 0 Å². The fourth-order valence-electron chi connectivity index (χ4n) is 1.84. The average molecular weight is 301 g/mol. The molecule has 0 radical (unpaired) electrons. The fraction of sp³-hybridized carbons (Fsp3) is 0.462. The minimum absolute atomic E-state index is 0.0523. The highest BCUT2D eigenvalue weighted by atomic mass is 32.2. The zero-order chi connectivity index (χ0) is 15.3. The van der Waals surface area contributed by atoms with Crippen LogP contribution in [0.25, 0.3) is 0 Å². The molecule has 0 aliphatic rings. The molecule has 1 heterocycles. The van der Waals surface area contributed by atoms with Crippen LogP contribution >= 0.6 is 0 Å². The van der Waals surface area contributed by atoms with E-state index in [1.165, 1.54) is 21.0 Å². The van der Waals surface area contributed by atoms with Crippen LogP contribution in [0.1, 0.15) is 35.2 Å². The van der Waals surface area contributed by atoms with Crippen molar-refractivity contribution in [1.29, 1.82) is 0 Å². The molecule has 0 fully saturated rings. The first-order chi connectivity index (χ1) is 9.35. The molecular formula is C13H19NO5S. The molecule has 20 heavy (non-hydrogen) atoms. The van der Waals surface area contributed by atoms with Crippen molar-refractivity contribution < 1.29 is 22.4 Å². The minimum atomic E-state index is -3.81. The minimum Gasteiger partial charge on any atom is -0.465 e. The van der Waals surface area contributed by atoms with Gasteiger partial charge in [0.25, 0.3) is 0 Å². The third kappa shape index (κ3) is 3.49. The van der Waals surface area contributed by atoms with Gasteiger partial charge in [-0.25, -0.2) is 17.9 Å². The smallest absolute Gasteiger partial charge is 0.342 e. The monoisotopic (exact) mass is 301 g/mol. The normalized spacial score (nSPS) is 12.0. The molecule has 0 amide bonds. The number of hydrogen-bond donors (Lipinski definition) is 1. The number of rotatable bonds is 6. The molecule has 0 aliphatic carbocycles. The van der Waals surface area contributed by atoms with E-state index in [1.807, 2.05) is 19.1 Å². The van der Waals surface area contributed by atoms with Crippen LogP contribution in [0.4, 0.5) is 0 Å². The first-order valence-corrected chi connectivity index (χ1v) is 7.62. The van der Waals surface area contributed by atoms with Gasteiger partial charge in [-0.3, -0.25) is 0 Å². The van der Waals surface area contributed by atoms with Gasteiger partial charge < -0.3 is 9.15 Å². The number of allylic oxidation sites excluding steroid dienone is 1. The maximum Gasteiger partial charge on any atom is 0.342 e. The number of carbonyl (C=O) groups excluding carboxylic acids is 1. The lowest BCUT2D eigenvalue weighted by Gasteiger charge is -2.06. The highest BCUT2D eigenvalue weighted by molar-refractivity contribution is 7.89. The number of hydrogen-bond acceptors (Lipinski definition) is 5. The van der Waals surface area contributed by atoms with Crippen LogP contribution in [0.15, 0.2) is 21.5 Å². The summed E-state index contributed by atoms with van der Waals surface area (Å²) in [5.74, 6) is -0.335. The summed E-state index contributed by atoms with van der Waals surface area (Å²) < 4.78 is 36.8. The van der Waals surface area contributed by atoms with Crippen LogP contribution in [0.5, 0.6) is 0 Å². The molecule has 0 atom stereocenters. The summed E-state index contributed by atoms with van der Waals surface area (Å²) in [7, 11) is -2.62. The Morgan fingerprint density at radius 3 is 2.55 bits per heavy atom. The van der Waals surface area contributed by atoms with E-state index < -0.39 is 16.0 Å². The number of esters is 1. The van der Waals surface area contributed by atoms with Crippen molar-refractivity contribution in [3.05, 3.63) is 29.2 Å². The van der Waals surface area contributed by atoms with E-state index in [1.54, 1.807) is 0 Å². The molecule has 1 N–H and O–H groups in total. The molecule has 1 aromatic rings. The standard InChI is InChI=1S/C13H19NO5S/c1-5-6-7-8-14-20(16,17)12-10(3)19-9(2)11(12)13(15)18-4/h5-6,14H,7-8H2,1-4H3/b6-5+. The number of furan rings is 1. The molecule has 112 valence electrons. The molecule has 1 rings (SSSR count). The van der Waals surface area contributed by atoms with Crippen molar-refractivity contribution in [2.75, 3.05) is 13.7 Å². The molecule has 0 bridgehead atoms. The summed E-state index contributed by atoms with van der Waals surface area (Å²) in [5, 5.41) is 0. The Morgan fingerprint density at radius 2 is 2.00 bits per heavy atom. The lowest BCUT2D eigenvalue weighted by atomic mass is 10.2. The van der Waals surface area contributed by atoms with E-state index in [0.717, 1.165) is 0 Å². The Labute approximate surface area is 118 Å². The number of aryl methyl sites for hydroxylation is 2. The van der Waals surface area contributed by atoms with E-state index in [9.17, 15) is 13.2 Å². The quantitative estimate of drug-likeness (QED) is 0.493. The lowest BCUT2D eigenvalue weighted by Crippen LogP contribution is -2.26. The summed E-state index contributed by atoms with van der Waals surface area (Å²) in [6.07, 6.45) is 4.25. The molecule has 0 spiro atoms. The van der Waals surface area contributed by atoms with Crippen LogP contribution in [0.3, 0.4) is 0 Å². The Balaban J connectivity index is 3.14. The van der Waals surface area contributed by atoms with Gasteiger partial charge >= 0.3 is 5.97 Å². The SMILES string of the molecule is C/C=C/CCNS(=O)(=O)c1c(C)oc(C)c1C(=O)OC. The molecule has 0 saturated carbocycles. The lowest BCUT2D eigenvalue weighted by molar-refractivity contribution is 0.0595. The van der Waals surface area contributed by atoms with Crippen molar-refractivity contribution in [3.8, 4) is 0 Å². The highest BCUT2D eigenvalue weighted by Crippen LogP contribution is 2.27. The maximum atomic E-state index is 12.3. The third-order valence-corrected chi connectivity index (χ3v) is 4.32. The molecular weight excluding hydrogens is 282 g/mol. The number of nitrogens with one attached hydrogen (secondary N) is 1. The summed E-state index contributed by atoms with van der Waals surface area (Å²) >= 11 is 0. The summed E-state index contributed by atoms with van der Waals surface area (Å²) in [6.45, 7) is 5.13. The molecule has 0 aromatic carbocycles. The molecule has 7 heteroatoms. The molecule has 0 saturated heterocycles. The predicted octanol–water partition coefficient (Wildman–Crippen LogP) is 1.93. The van der Waals surface area contributed by atoms with Crippen molar-refractivity contribution >= 4 is 16.0 Å². The van der Waals surface area contributed by atoms with E-state index in [-0.39, 0.29) is 28.5 Å². The van der Waals surface area contributed by atoms with Gasteiger partial charge in [-0.05, 0) is 27.2 Å². The predicted molar refractivity (Wildman–Crippen MR) is 74.1 cm³/mol. The summed E-state index contributed by atoms with van der Waals surface area (Å²) in [4.78, 5) is 11.6. The topological polar surface area (TPSA) is 85.6 Å². The van der Waals surface area contributed by atoms with Gasteiger partial charge in [0.2, 0.25) is 10.0 Å². The van der Waals surface area contributed by atoms with E-state index in [2.05, 4.69) is 9.46 Å². The average Bonchev–Trinajstić information content (AvgIpc) is 2.69. The van der Waals surface area contributed by atoms with Gasteiger partial charge in [0.15, 0.2) is 0 Å². The van der Waals surface area contributed by atoms with Crippen LogP contribution in [-0.2, 0) is 14.8 Å². The van der Waals surface area contributed by atoms with Gasteiger partial charge in [0, 0.05) is 6.54 Å². The maximum absolute atomic E-state index is 12.3. The van der Waals surface area contributed by atoms with Crippen LogP contribution in [0.2, 0.25) is 0 Å². The van der Waals surface area contributed by atoms with E-state index in [4.69, 9.17) is 4.42 Å². The summed E-state index contributed by atoms with van der Waals surface area (Å²) in [6, 6.07) is 0. The fourth-order valence-corrected chi connectivity index (χ4v) is 3.29. The molecule has 0 aliphatic heterocycles. The Kier molecular flexibility index (Phi) is 5.52. The molecule has 0 unspecified atom stereocenters. The van der Waals surface area contributed by atoms with E-state index in [0.29, 0.717) is 6.42 Å². The number of ether oxygens (including phenoxy) is 1. The van der Waals surface area contributed by atoms with Gasteiger partial charge in [0.1, 0.15) is 22.0 Å². The number of methoxy groups -OCH3 is 1. The Hall–Kier alpha value is -1.60. The summed E-state index contributed by atoms with van der Waals surface area (Å²) in [5.41, 5.74) is -0.0523. The van der Waals surface area contributed by atoms with Gasteiger partial charge in [-0.15, -0.1) is 0 Å². The van der Waals surface area contributed by atoms with Gasteiger partial charge in [0.05, 0.1) is 7.11 Å². The van der Waals surface area contributed by atoms with Crippen molar-refractivity contribution in [3.63, 3.8) is 0 Å². The van der Waals surface area contributed by atoms with Crippen LogP contribution < -0.4 is 4.72 Å². The molecule has 6 nitrogen and oxygen atoms in total. The zero-order valence-corrected chi connectivity index (χ0v) is 12.8. The second-order valence-corrected chi connectivity index (χ2v) is 5.87. The second-order valence-electron chi connectivity index (χ2n) is 4.17. The van der Waals surface area contributed by atoms with Crippen LogP contribution in [0, 0.1) is 13.8 Å². The van der Waals surface area contributed by atoms with Crippen molar-refractivity contribution in [2.45, 2.75) is 32.1 Å². The number of carbonyl (C=O) groups is 1. The van der Waals surface area contributed by atoms with E-state index >= 15 is 0 Å². The first kappa shape index (κ1) is 16.5. The first-order valence-electron chi connectivity index (χ1n) is 6.14. The van der Waals surface area contributed by atoms with Crippen LogP contribution in [-0.4, -0.2) is 28.0 Å². The largest absolute Gasteiger partial charge is 0.465 e. The third-order valence-electron chi connectivity index (χ3n) is 2.70. The Morgan fingerprint density at radius 1 is 1.35 bits per heavy atom. The van der Waals surface area contributed by atoms with Gasteiger partial charge in [-0.1, -0.05) is 12.2 Å².